The summed E-state index contributed by atoms with van der Waals surface area (Å²) in [7, 11) is 0. The molecule has 204 valence electrons. The molecule has 0 amide bonds. The Balaban J connectivity index is 3.01. The maximum Gasteiger partial charge on any atom is 0.305 e. The smallest absolute Gasteiger partial charge is 0.305 e. The Bertz CT molecular complexity index is 397. The van der Waals surface area contributed by atoms with Crippen LogP contribution in [0, 0.1) is 0 Å². The van der Waals surface area contributed by atoms with Crippen molar-refractivity contribution in [2.24, 2.45) is 0 Å². The van der Waals surface area contributed by atoms with Crippen LogP contribution in [0.2, 0.25) is 0 Å². The molecule has 9 heteroatoms. The van der Waals surface area contributed by atoms with E-state index < -0.39 is 5.97 Å². The highest BCUT2D eigenvalue weighted by Gasteiger charge is 1.97. The van der Waals surface area contributed by atoms with Gasteiger partial charge < -0.3 is 38.3 Å². The summed E-state index contributed by atoms with van der Waals surface area (Å²) in [5.41, 5.74) is 0. The van der Waals surface area contributed by atoms with Gasteiger partial charge in [-0.1, -0.05) is 51.9 Å². The van der Waals surface area contributed by atoms with Gasteiger partial charge in [0.1, 0.15) is 0 Å². The van der Waals surface area contributed by atoms with E-state index in [1.807, 2.05) is 0 Å². The second-order valence-electron chi connectivity index (χ2n) is 7.91. The highest BCUT2D eigenvalue weighted by molar-refractivity contribution is 5.66. The van der Waals surface area contributed by atoms with Crippen molar-refractivity contribution in [2.75, 3.05) is 92.5 Å². The van der Waals surface area contributed by atoms with Crippen molar-refractivity contribution in [2.45, 2.75) is 64.7 Å². The summed E-state index contributed by atoms with van der Waals surface area (Å²) in [6, 6.07) is 0. The van der Waals surface area contributed by atoms with Crippen LogP contribution >= 0.6 is 0 Å². The average Bonchev–Trinajstić information content (AvgIpc) is 2.83. The molecule has 0 aliphatic carbocycles. The Morgan fingerprint density at radius 2 is 0.735 bits per heavy atom. The van der Waals surface area contributed by atoms with Crippen LogP contribution in [0.4, 0.5) is 0 Å². The van der Waals surface area contributed by atoms with Gasteiger partial charge in [0.05, 0.1) is 92.3 Å². The molecule has 0 saturated heterocycles. The monoisotopic (exact) mass is 494 g/mol. The average molecular weight is 495 g/mol. The molecule has 0 spiro atoms. The SMILES string of the molecule is CCCCCCCCCCOCCOCCOCCOCCOCCOCCOCCC(=O)O. The summed E-state index contributed by atoms with van der Waals surface area (Å²) >= 11 is 0. The number of rotatable bonds is 30. The van der Waals surface area contributed by atoms with Crippen LogP contribution < -0.4 is 0 Å². The van der Waals surface area contributed by atoms with Crippen LogP contribution in [0.3, 0.4) is 0 Å². The van der Waals surface area contributed by atoms with Crippen molar-refractivity contribution in [3.8, 4) is 0 Å². The third-order valence-corrected chi connectivity index (χ3v) is 4.83. The Morgan fingerprint density at radius 1 is 0.441 bits per heavy atom. The van der Waals surface area contributed by atoms with E-state index in [0.717, 1.165) is 13.0 Å². The summed E-state index contributed by atoms with van der Waals surface area (Å²) in [5.74, 6) is -0.863. The lowest BCUT2D eigenvalue weighted by Crippen LogP contribution is -2.14. The van der Waals surface area contributed by atoms with E-state index in [9.17, 15) is 4.79 Å². The molecule has 0 aromatic heterocycles. The van der Waals surface area contributed by atoms with Crippen molar-refractivity contribution in [1.82, 2.24) is 0 Å². The number of ether oxygens (including phenoxy) is 7. The van der Waals surface area contributed by atoms with Crippen LogP contribution in [0.1, 0.15) is 64.7 Å². The Hall–Kier alpha value is -0.810. The van der Waals surface area contributed by atoms with Crippen molar-refractivity contribution in [1.29, 1.82) is 0 Å². The van der Waals surface area contributed by atoms with E-state index in [1.54, 1.807) is 0 Å². The summed E-state index contributed by atoms with van der Waals surface area (Å²) in [6.07, 6.45) is 10.5. The normalized spacial score (nSPS) is 11.3. The fourth-order valence-corrected chi connectivity index (χ4v) is 2.92. The zero-order valence-electron chi connectivity index (χ0n) is 21.5. The van der Waals surface area contributed by atoms with E-state index in [0.29, 0.717) is 79.3 Å². The summed E-state index contributed by atoms with van der Waals surface area (Å²) < 4.78 is 37.8. The second kappa shape index (κ2) is 30.2. The fraction of sp³-hybridized carbons (Fsp3) is 0.960. The lowest BCUT2D eigenvalue weighted by atomic mass is 10.1. The maximum atomic E-state index is 10.3. The quantitative estimate of drug-likeness (QED) is 0.150. The van der Waals surface area contributed by atoms with Gasteiger partial charge in [-0.25, -0.2) is 0 Å². The van der Waals surface area contributed by atoms with E-state index in [4.69, 9.17) is 38.3 Å². The minimum Gasteiger partial charge on any atom is -0.481 e. The molecule has 0 heterocycles. The zero-order chi connectivity index (χ0) is 24.8. The topological polar surface area (TPSA) is 102 Å². The molecule has 0 radical (unpaired) electrons. The number of hydrogen-bond donors (Lipinski definition) is 1. The Labute approximate surface area is 206 Å². The predicted molar refractivity (Wildman–Crippen MR) is 131 cm³/mol. The first-order valence-electron chi connectivity index (χ1n) is 13.0. The molecule has 34 heavy (non-hydrogen) atoms. The van der Waals surface area contributed by atoms with Gasteiger partial charge in [0.25, 0.3) is 0 Å². The predicted octanol–water partition coefficient (Wildman–Crippen LogP) is 3.72. The maximum absolute atomic E-state index is 10.3. The third-order valence-electron chi connectivity index (χ3n) is 4.83. The highest BCUT2D eigenvalue weighted by atomic mass is 16.6. The van der Waals surface area contributed by atoms with E-state index in [-0.39, 0.29) is 13.0 Å². The summed E-state index contributed by atoms with van der Waals surface area (Å²) in [5, 5.41) is 8.46. The number of hydrogen-bond acceptors (Lipinski definition) is 8. The number of carboxylic acid groups (broad SMARTS) is 1. The van der Waals surface area contributed by atoms with E-state index in [2.05, 4.69) is 6.92 Å². The Kier molecular flexibility index (Phi) is 29.5. The minimum absolute atomic E-state index is 0.0107. The van der Waals surface area contributed by atoms with Crippen LogP contribution in [0.5, 0.6) is 0 Å². The Morgan fingerprint density at radius 3 is 1.09 bits per heavy atom. The van der Waals surface area contributed by atoms with Crippen molar-refractivity contribution in [3.63, 3.8) is 0 Å². The van der Waals surface area contributed by atoms with Gasteiger partial charge in [-0.3, -0.25) is 4.79 Å². The number of aliphatic carboxylic acids is 1. The molecule has 0 aliphatic rings. The lowest BCUT2D eigenvalue weighted by Gasteiger charge is -2.08. The first kappa shape index (κ1) is 33.2. The van der Waals surface area contributed by atoms with E-state index in [1.165, 1.54) is 44.9 Å². The molecule has 1 N–H and O–H groups in total. The standard InChI is InChI=1S/C25H50O9/c1-2-3-4-5-6-7-8-9-11-28-13-15-30-17-19-32-21-23-34-24-22-33-20-18-31-16-14-29-12-10-25(26)27/h2-24H2,1H3,(H,26,27). The lowest BCUT2D eigenvalue weighted by molar-refractivity contribution is -0.138. The molecule has 0 aromatic carbocycles. The molecule has 0 bridgehead atoms. The molecule has 0 fully saturated rings. The van der Waals surface area contributed by atoms with Gasteiger partial charge in [-0.05, 0) is 6.42 Å². The van der Waals surface area contributed by atoms with Gasteiger partial charge in [-0.15, -0.1) is 0 Å². The van der Waals surface area contributed by atoms with E-state index >= 15 is 0 Å². The van der Waals surface area contributed by atoms with Crippen LogP contribution in [-0.4, -0.2) is 104 Å². The van der Waals surface area contributed by atoms with Crippen LogP contribution in [-0.2, 0) is 38.0 Å². The van der Waals surface area contributed by atoms with Crippen molar-refractivity contribution in [3.05, 3.63) is 0 Å². The largest absolute Gasteiger partial charge is 0.481 e. The van der Waals surface area contributed by atoms with Crippen LogP contribution in [0.15, 0.2) is 0 Å². The molecule has 0 aromatic rings. The number of unbranched alkanes of at least 4 members (excludes halogenated alkanes) is 7. The molecule has 0 unspecified atom stereocenters. The summed E-state index contributed by atoms with van der Waals surface area (Å²) in [4.78, 5) is 10.3. The van der Waals surface area contributed by atoms with Gasteiger partial charge in [0.2, 0.25) is 0 Å². The van der Waals surface area contributed by atoms with Gasteiger partial charge >= 0.3 is 5.97 Å². The second-order valence-corrected chi connectivity index (χ2v) is 7.91. The number of carbonyl (C=O) groups is 1. The molecular formula is C25H50O9. The molecular weight excluding hydrogens is 444 g/mol. The molecule has 9 nitrogen and oxygen atoms in total. The first-order valence-corrected chi connectivity index (χ1v) is 13.0. The van der Waals surface area contributed by atoms with Gasteiger partial charge in [0, 0.05) is 6.61 Å². The van der Waals surface area contributed by atoms with Crippen molar-refractivity contribution < 1.29 is 43.1 Å². The van der Waals surface area contributed by atoms with Gasteiger partial charge in [-0.2, -0.15) is 0 Å². The zero-order valence-corrected chi connectivity index (χ0v) is 21.5. The molecule has 0 saturated carbocycles. The minimum atomic E-state index is -0.863. The first-order chi connectivity index (χ1) is 16.8. The fourth-order valence-electron chi connectivity index (χ4n) is 2.92. The molecule has 0 atom stereocenters. The highest BCUT2D eigenvalue weighted by Crippen LogP contribution is 2.08. The van der Waals surface area contributed by atoms with Crippen LogP contribution in [0.25, 0.3) is 0 Å². The molecule has 0 rings (SSSR count). The third kappa shape index (κ3) is 31.2. The number of carboxylic acids is 1. The molecule has 0 aliphatic heterocycles. The van der Waals surface area contributed by atoms with Crippen molar-refractivity contribution >= 4 is 5.97 Å². The van der Waals surface area contributed by atoms with Gasteiger partial charge in [0.15, 0.2) is 0 Å². The summed E-state index contributed by atoms with van der Waals surface area (Å²) in [6.45, 7) is 9.47.